The minimum Gasteiger partial charge on any atom is -0.367 e. The van der Waals surface area contributed by atoms with Crippen LogP contribution in [0, 0.1) is 5.82 Å². The minimum absolute atomic E-state index is 0.0912. The molecule has 0 N–H and O–H groups in total. The van der Waals surface area contributed by atoms with Gasteiger partial charge in [0.15, 0.2) is 0 Å². The van der Waals surface area contributed by atoms with Crippen LogP contribution in [-0.2, 0) is 4.74 Å². The van der Waals surface area contributed by atoms with Crippen LogP contribution in [0.15, 0.2) is 24.3 Å². The second-order valence-corrected chi connectivity index (χ2v) is 5.63. The number of carbonyl (C=O) groups is 1. The van der Waals surface area contributed by atoms with Gasteiger partial charge >= 0.3 is 0 Å². The Kier molecular flexibility index (Phi) is 4.11. The van der Waals surface area contributed by atoms with E-state index in [4.69, 9.17) is 16.3 Å². The molecule has 1 aliphatic heterocycles. The summed E-state index contributed by atoms with van der Waals surface area (Å²) in [6, 6.07) is 6.01. The van der Waals surface area contributed by atoms with Gasteiger partial charge in [0.25, 0.3) is 5.91 Å². The second-order valence-electron chi connectivity index (χ2n) is 5.32. The second kappa shape index (κ2) is 5.47. The molecule has 1 atom stereocenters. The first-order valence-corrected chi connectivity index (χ1v) is 6.74. The summed E-state index contributed by atoms with van der Waals surface area (Å²) in [5.74, 6) is -0.506. The molecule has 19 heavy (non-hydrogen) atoms. The number of hydrogen-bond acceptors (Lipinski definition) is 2. The molecule has 0 aromatic heterocycles. The van der Waals surface area contributed by atoms with Crippen molar-refractivity contribution in [3.8, 4) is 0 Å². The summed E-state index contributed by atoms with van der Waals surface area (Å²) in [5, 5.41) is 0. The van der Waals surface area contributed by atoms with Crippen molar-refractivity contribution in [2.45, 2.75) is 25.6 Å². The maximum atomic E-state index is 13.7. The monoisotopic (exact) mass is 285 g/mol. The number of morpholine rings is 1. The molecule has 2 rings (SSSR count). The van der Waals surface area contributed by atoms with E-state index in [9.17, 15) is 9.18 Å². The maximum absolute atomic E-state index is 13.7. The van der Waals surface area contributed by atoms with E-state index in [2.05, 4.69) is 0 Å². The highest BCUT2D eigenvalue weighted by molar-refractivity contribution is 6.18. The molecule has 1 unspecified atom stereocenters. The van der Waals surface area contributed by atoms with Gasteiger partial charge in [-0.25, -0.2) is 4.39 Å². The number of carbonyl (C=O) groups excluding carboxylic acids is 1. The molecule has 3 nitrogen and oxygen atoms in total. The molecule has 1 heterocycles. The summed E-state index contributed by atoms with van der Waals surface area (Å²) >= 11 is 5.82. The van der Waals surface area contributed by atoms with Crippen LogP contribution < -0.4 is 0 Å². The fourth-order valence-corrected chi connectivity index (χ4v) is 2.50. The van der Waals surface area contributed by atoms with Crippen molar-refractivity contribution >= 4 is 17.5 Å². The number of rotatable bonds is 2. The molecule has 104 valence electrons. The highest BCUT2D eigenvalue weighted by atomic mass is 35.5. The lowest BCUT2D eigenvalue weighted by molar-refractivity contribution is -0.117. The molecule has 0 aliphatic carbocycles. The molecule has 1 amide bonds. The van der Waals surface area contributed by atoms with Crippen molar-refractivity contribution < 1.29 is 13.9 Å². The highest BCUT2D eigenvalue weighted by Gasteiger charge is 2.36. The number of benzene rings is 1. The van der Waals surface area contributed by atoms with Gasteiger partial charge in [0.05, 0.1) is 23.1 Å². The molecule has 1 aromatic carbocycles. The fraction of sp³-hybridized carbons (Fsp3) is 0.500. The van der Waals surface area contributed by atoms with Crippen LogP contribution in [0.25, 0.3) is 0 Å². The molecule has 0 radical (unpaired) electrons. The van der Waals surface area contributed by atoms with Gasteiger partial charge in [-0.3, -0.25) is 4.79 Å². The number of alkyl halides is 1. The van der Waals surface area contributed by atoms with Gasteiger partial charge in [-0.05, 0) is 26.0 Å². The Bertz CT molecular complexity index is 478. The van der Waals surface area contributed by atoms with Crippen molar-refractivity contribution in [2.24, 2.45) is 0 Å². The minimum atomic E-state index is -0.501. The summed E-state index contributed by atoms with van der Waals surface area (Å²) in [5.41, 5.74) is -0.382. The van der Waals surface area contributed by atoms with E-state index in [1.807, 2.05) is 13.8 Å². The summed E-state index contributed by atoms with van der Waals surface area (Å²) in [6.07, 6.45) is -0.221. The third-order valence-electron chi connectivity index (χ3n) is 3.04. The van der Waals surface area contributed by atoms with Crippen LogP contribution in [0.5, 0.6) is 0 Å². The smallest absolute Gasteiger partial charge is 0.257 e. The lowest BCUT2D eigenvalue weighted by Gasteiger charge is -2.42. The Hall–Kier alpha value is -1.13. The molecule has 1 fully saturated rings. The maximum Gasteiger partial charge on any atom is 0.257 e. The first-order chi connectivity index (χ1) is 8.93. The lowest BCUT2D eigenvalue weighted by atomic mass is 10.0. The SMILES string of the molecule is CC1(C)CN(C(=O)c2ccccc2F)CC(CCl)O1. The quantitative estimate of drug-likeness (QED) is 0.782. The predicted octanol–water partition coefficient (Wildman–Crippen LogP) is 2.68. The van der Waals surface area contributed by atoms with Gasteiger partial charge in [-0.2, -0.15) is 0 Å². The zero-order valence-electron chi connectivity index (χ0n) is 11.0. The molecule has 0 bridgehead atoms. The van der Waals surface area contributed by atoms with Crippen LogP contribution >= 0.6 is 11.6 Å². The average molecular weight is 286 g/mol. The van der Waals surface area contributed by atoms with Gasteiger partial charge < -0.3 is 9.64 Å². The zero-order chi connectivity index (χ0) is 14.0. The predicted molar refractivity (Wildman–Crippen MR) is 72.0 cm³/mol. The molecular weight excluding hydrogens is 269 g/mol. The van der Waals surface area contributed by atoms with Crippen molar-refractivity contribution in [3.63, 3.8) is 0 Å². The number of nitrogens with zero attached hydrogens (tertiary/aromatic N) is 1. The average Bonchev–Trinajstić information content (AvgIpc) is 2.36. The lowest BCUT2D eigenvalue weighted by Crippen LogP contribution is -2.55. The van der Waals surface area contributed by atoms with Crippen LogP contribution in [0.2, 0.25) is 0 Å². The summed E-state index contributed by atoms with van der Waals surface area (Å²) in [6.45, 7) is 4.61. The van der Waals surface area contributed by atoms with Gasteiger partial charge in [0, 0.05) is 13.1 Å². The van der Waals surface area contributed by atoms with Gasteiger partial charge in [-0.1, -0.05) is 12.1 Å². The number of ether oxygens (including phenoxy) is 1. The summed E-state index contributed by atoms with van der Waals surface area (Å²) in [7, 11) is 0. The van der Waals surface area contributed by atoms with E-state index >= 15 is 0 Å². The van der Waals surface area contributed by atoms with E-state index in [1.54, 1.807) is 17.0 Å². The molecule has 0 saturated carbocycles. The van der Waals surface area contributed by atoms with Crippen molar-refractivity contribution in [2.75, 3.05) is 19.0 Å². The zero-order valence-corrected chi connectivity index (χ0v) is 11.8. The molecule has 1 saturated heterocycles. The third kappa shape index (κ3) is 3.25. The Morgan fingerprint density at radius 1 is 1.53 bits per heavy atom. The van der Waals surface area contributed by atoms with Crippen LogP contribution in [0.1, 0.15) is 24.2 Å². The van der Waals surface area contributed by atoms with E-state index in [-0.39, 0.29) is 17.6 Å². The first kappa shape index (κ1) is 14.3. The van der Waals surface area contributed by atoms with Crippen LogP contribution in [0.4, 0.5) is 4.39 Å². The largest absolute Gasteiger partial charge is 0.367 e. The Morgan fingerprint density at radius 2 is 2.21 bits per heavy atom. The van der Waals surface area contributed by atoms with Crippen molar-refractivity contribution in [1.82, 2.24) is 4.90 Å². The van der Waals surface area contributed by atoms with Gasteiger partial charge in [0.2, 0.25) is 0 Å². The van der Waals surface area contributed by atoms with Crippen molar-refractivity contribution in [1.29, 1.82) is 0 Å². The fourth-order valence-electron chi connectivity index (χ4n) is 2.34. The van der Waals surface area contributed by atoms with Crippen LogP contribution in [0.3, 0.4) is 0 Å². The topological polar surface area (TPSA) is 29.5 Å². The molecular formula is C14H17ClFNO2. The molecule has 0 spiro atoms. The number of amides is 1. The Labute approximate surface area is 117 Å². The van der Waals surface area contributed by atoms with E-state index in [1.165, 1.54) is 12.1 Å². The Morgan fingerprint density at radius 3 is 2.84 bits per heavy atom. The van der Waals surface area contributed by atoms with Crippen molar-refractivity contribution in [3.05, 3.63) is 35.6 Å². The summed E-state index contributed by atoms with van der Waals surface area (Å²) in [4.78, 5) is 14.0. The van der Waals surface area contributed by atoms with E-state index in [0.29, 0.717) is 19.0 Å². The van der Waals surface area contributed by atoms with Crippen LogP contribution in [-0.4, -0.2) is 41.5 Å². The normalized spacial score (nSPS) is 22.3. The van der Waals surface area contributed by atoms with Gasteiger partial charge in [-0.15, -0.1) is 11.6 Å². The van der Waals surface area contributed by atoms with E-state index < -0.39 is 11.4 Å². The summed E-state index contributed by atoms with van der Waals surface area (Å²) < 4.78 is 19.4. The Balaban J connectivity index is 2.21. The molecule has 1 aliphatic rings. The standard InChI is InChI=1S/C14H17ClFNO2/c1-14(2)9-17(8-10(7-15)19-14)13(18)11-5-3-4-6-12(11)16/h3-6,10H,7-9H2,1-2H3. The van der Waals surface area contributed by atoms with Gasteiger partial charge in [0.1, 0.15) is 5.82 Å². The number of hydrogen-bond donors (Lipinski definition) is 0. The third-order valence-corrected chi connectivity index (χ3v) is 3.39. The first-order valence-electron chi connectivity index (χ1n) is 6.20. The number of halogens is 2. The molecule has 1 aromatic rings. The highest BCUT2D eigenvalue weighted by Crippen LogP contribution is 2.23. The molecule has 5 heteroatoms. The van der Waals surface area contributed by atoms with E-state index in [0.717, 1.165) is 0 Å².